The summed E-state index contributed by atoms with van der Waals surface area (Å²) in [6.07, 6.45) is -4.01. The maximum absolute atomic E-state index is 13.6. The zero-order chi connectivity index (χ0) is 18.9. The number of halogens is 4. The van der Waals surface area contributed by atoms with Gasteiger partial charge in [-0.2, -0.15) is 13.2 Å². The van der Waals surface area contributed by atoms with Gasteiger partial charge in [-0.15, -0.1) is 0 Å². The van der Waals surface area contributed by atoms with Gasteiger partial charge in [0.25, 0.3) is 0 Å². The highest BCUT2D eigenvalue weighted by molar-refractivity contribution is 5.27. The lowest BCUT2D eigenvalue weighted by Crippen LogP contribution is -2.23. The zero-order valence-electron chi connectivity index (χ0n) is 14.5. The van der Waals surface area contributed by atoms with Gasteiger partial charge in [-0.25, -0.2) is 4.39 Å². The van der Waals surface area contributed by atoms with Crippen LogP contribution in [0.4, 0.5) is 17.6 Å². The molecule has 1 aliphatic heterocycles. The Bertz CT molecular complexity index is 760. The molecule has 0 radical (unpaired) electrons. The molecule has 1 aromatic carbocycles. The van der Waals surface area contributed by atoms with Crippen molar-refractivity contribution in [1.82, 2.24) is 10.1 Å². The maximum atomic E-state index is 13.6. The van der Waals surface area contributed by atoms with Gasteiger partial charge >= 0.3 is 6.18 Å². The molecule has 1 saturated heterocycles. The van der Waals surface area contributed by atoms with Crippen molar-refractivity contribution in [3.8, 4) is 0 Å². The van der Waals surface area contributed by atoms with Crippen molar-refractivity contribution < 1.29 is 26.8 Å². The first kappa shape index (κ1) is 18.8. The van der Waals surface area contributed by atoms with Crippen LogP contribution >= 0.6 is 0 Å². The first-order valence-electron chi connectivity index (χ1n) is 8.28. The van der Waals surface area contributed by atoms with Gasteiger partial charge in [-0.1, -0.05) is 5.16 Å². The highest BCUT2D eigenvalue weighted by atomic mass is 19.4. The summed E-state index contributed by atoms with van der Waals surface area (Å²) in [5.74, 6) is -0.00416. The molecule has 0 saturated carbocycles. The second-order valence-corrected chi connectivity index (χ2v) is 6.71. The predicted molar refractivity (Wildman–Crippen MR) is 85.9 cm³/mol. The molecular formula is C18H20F4N2O2. The summed E-state index contributed by atoms with van der Waals surface area (Å²) in [7, 11) is 1.61. The number of benzene rings is 1. The van der Waals surface area contributed by atoms with Crippen LogP contribution in [0.5, 0.6) is 0 Å². The summed E-state index contributed by atoms with van der Waals surface area (Å²) < 4.78 is 62.9. The summed E-state index contributed by atoms with van der Waals surface area (Å²) in [6, 6.07) is 4.51. The number of hydrogen-bond acceptors (Lipinski definition) is 4. The molecular weight excluding hydrogens is 352 g/mol. The van der Waals surface area contributed by atoms with Crippen molar-refractivity contribution in [2.75, 3.05) is 20.2 Å². The van der Waals surface area contributed by atoms with E-state index in [0.29, 0.717) is 31.1 Å². The third-order valence-electron chi connectivity index (χ3n) is 4.59. The van der Waals surface area contributed by atoms with Gasteiger partial charge in [0, 0.05) is 45.1 Å². The van der Waals surface area contributed by atoms with Crippen LogP contribution < -0.4 is 0 Å². The number of aryl methyl sites for hydroxylation is 1. The highest BCUT2D eigenvalue weighted by Gasteiger charge is 2.35. The number of likely N-dealkylation sites (tertiary alicyclic amines) is 1. The third-order valence-corrected chi connectivity index (χ3v) is 4.59. The van der Waals surface area contributed by atoms with Crippen LogP contribution in [0, 0.1) is 18.7 Å². The third kappa shape index (κ3) is 4.42. The molecule has 0 amide bonds. The van der Waals surface area contributed by atoms with Gasteiger partial charge in [0.05, 0.1) is 17.4 Å². The number of ether oxygens (including phenoxy) is 1. The number of aromatic nitrogens is 1. The fourth-order valence-corrected chi connectivity index (χ4v) is 3.45. The Morgan fingerprint density at radius 3 is 2.62 bits per heavy atom. The van der Waals surface area contributed by atoms with Gasteiger partial charge in [0.1, 0.15) is 11.6 Å². The van der Waals surface area contributed by atoms with Crippen LogP contribution in [0.2, 0.25) is 0 Å². The lowest BCUT2D eigenvalue weighted by molar-refractivity contribution is -0.137. The summed E-state index contributed by atoms with van der Waals surface area (Å²) >= 11 is 0. The quantitative estimate of drug-likeness (QED) is 0.748. The smallest absolute Gasteiger partial charge is 0.380 e. The second kappa shape index (κ2) is 7.36. The van der Waals surface area contributed by atoms with Gasteiger partial charge in [-0.05, 0) is 30.7 Å². The van der Waals surface area contributed by atoms with Gasteiger partial charge in [0.15, 0.2) is 0 Å². The van der Waals surface area contributed by atoms with E-state index in [1.165, 1.54) is 0 Å². The average molecular weight is 372 g/mol. The minimum atomic E-state index is -4.57. The highest BCUT2D eigenvalue weighted by Crippen LogP contribution is 2.31. The molecule has 0 aliphatic carbocycles. The molecule has 4 nitrogen and oxygen atoms in total. The van der Waals surface area contributed by atoms with Crippen molar-refractivity contribution in [1.29, 1.82) is 0 Å². The van der Waals surface area contributed by atoms with E-state index in [2.05, 4.69) is 5.16 Å². The number of methoxy groups -OCH3 is 1. The van der Waals surface area contributed by atoms with Crippen molar-refractivity contribution >= 4 is 0 Å². The molecule has 8 heteroatoms. The lowest BCUT2D eigenvalue weighted by Gasteiger charge is -2.17. The van der Waals surface area contributed by atoms with Gasteiger partial charge in [-0.3, -0.25) is 4.90 Å². The van der Waals surface area contributed by atoms with E-state index in [0.717, 1.165) is 23.6 Å². The van der Waals surface area contributed by atoms with Crippen molar-refractivity contribution in [3.63, 3.8) is 0 Å². The standard InChI is InChI=1S/C18H20F4N2O2/c1-11-3-16(26-23-11)6-13-9-24(10-17(13)25-2)8-12-4-14(18(20,21)22)7-15(19)5-12/h3-5,7,13,17H,6,8-10H2,1-2H3/t13-,17+/m1/s1. The molecule has 26 heavy (non-hydrogen) atoms. The van der Waals surface area contributed by atoms with E-state index in [-0.39, 0.29) is 18.6 Å². The molecule has 1 aliphatic rings. The Morgan fingerprint density at radius 2 is 2.00 bits per heavy atom. The first-order valence-corrected chi connectivity index (χ1v) is 8.28. The number of nitrogens with zero attached hydrogens (tertiary/aromatic N) is 2. The van der Waals surface area contributed by atoms with E-state index in [4.69, 9.17) is 9.26 Å². The Kier molecular flexibility index (Phi) is 5.34. The monoisotopic (exact) mass is 372 g/mol. The fourth-order valence-electron chi connectivity index (χ4n) is 3.45. The lowest BCUT2D eigenvalue weighted by atomic mass is 10.0. The molecule has 0 spiro atoms. The maximum Gasteiger partial charge on any atom is 0.416 e. The minimum absolute atomic E-state index is 0.0731. The van der Waals surface area contributed by atoms with Crippen LogP contribution in [0.3, 0.4) is 0 Å². The molecule has 3 rings (SSSR count). The first-order chi connectivity index (χ1) is 12.2. The molecule has 142 valence electrons. The van der Waals surface area contributed by atoms with Crippen LogP contribution in [0.25, 0.3) is 0 Å². The zero-order valence-corrected chi connectivity index (χ0v) is 14.5. The van der Waals surface area contributed by atoms with Gasteiger partial charge in [0.2, 0.25) is 0 Å². The Balaban J connectivity index is 1.70. The van der Waals surface area contributed by atoms with Crippen LogP contribution in [-0.4, -0.2) is 36.4 Å². The Morgan fingerprint density at radius 1 is 1.23 bits per heavy atom. The largest absolute Gasteiger partial charge is 0.416 e. The van der Waals surface area contributed by atoms with Crippen LogP contribution in [-0.2, 0) is 23.9 Å². The molecule has 0 unspecified atom stereocenters. The van der Waals surface area contributed by atoms with E-state index in [1.807, 2.05) is 17.9 Å². The van der Waals surface area contributed by atoms with E-state index >= 15 is 0 Å². The predicted octanol–water partition coefficient (Wildman–Crippen LogP) is 3.83. The van der Waals surface area contributed by atoms with Gasteiger partial charge < -0.3 is 9.26 Å². The topological polar surface area (TPSA) is 38.5 Å². The molecule has 2 atom stereocenters. The SMILES string of the molecule is CO[C@H]1CN(Cc2cc(F)cc(C(F)(F)F)c2)C[C@H]1Cc1cc(C)no1. The number of alkyl halides is 3. The average Bonchev–Trinajstić information content (AvgIpc) is 3.12. The minimum Gasteiger partial charge on any atom is -0.380 e. The van der Waals surface area contributed by atoms with Crippen LogP contribution in [0.15, 0.2) is 28.8 Å². The summed E-state index contributed by atoms with van der Waals surface area (Å²) in [6.45, 7) is 3.25. The summed E-state index contributed by atoms with van der Waals surface area (Å²) in [5.41, 5.74) is 0.121. The second-order valence-electron chi connectivity index (χ2n) is 6.71. The Labute approximate surface area is 148 Å². The van der Waals surface area contributed by atoms with E-state index in [1.54, 1.807) is 7.11 Å². The fraction of sp³-hybridized carbons (Fsp3) is 0.500. The summed E-state index contributed by atoms with van der Waals surface area (Å²) in [4.78, 5) is 1.97. The van der Waals surface area contributed by atoms with E-state index < -0.39 is 17.6 Å². The molecule has 1 aromatic heterocycles. The molecule has 0 bridgehead atoms. The normalized spacial score (nSPS) is 21.5. The van der Waals surface area contributed by atoms with Crippen molar-refractivity contribution in [2.24, 2.45) is 5.92 Å². The molecule has 0 N–H and O–H groups in total. The molecule has 1 fully saturated rings. The molecule has 2 aromatic rings. The van der Waals surface area contributed by atoms with Crippen molar-refractivity contribution in [2.45, 2.75) is 32.2 Å². The number of rotatable bonds is 5. The van der Waals surface area contributed by atoms with Crippen molar-refractivity contribution in [3.05, 3.63) is 52.7 Å². The molecule has 2 heterocycles. The Hall–Kier alpha value is -1.93. The summed E-state index contributed by atoms with van der Waals surface area (Å²) in [5, 5.41) is 3.86. The van der Waals surface area contributed by atoms with E-state index in [9.17, 15) is 17.6 Å². The number of hydrogen-bond donors (Lipinski definition) is 0. The van der Waals surface area contributed by atoms with Crippen LogP contribution in [0.1, 0.15) is 22.6 Å².